The first-order chi connectivity index (χ1) is 17.0. The molecule has 1 amide bonds. The predicted octanol–water partition coefficient (Wildman–Crippen LogP) is 2.72. The second kappa shape index (κ2) is 7.80. The van der Waals surface area contributed by atoms with Gasteiger partial charge in [0.25, 0.3) is 11.5 Å². The number of nitrogens with zero attached hydrogens (tertiary/aromatic N) is 5. The van der Waals surface area contributed by atoms with E-state index in [0.29, 0.717) is 22.8 Å². The number of anilines is 1. The zero-order valence-corrected chi connectivity index (χ0v) is 18.2. The van der Waals surface area contributed by atoms with E-state index in [2.05, 4.69) is 25.5 Å². The summed E-state index contributed by atoms with van der Waals surface area (Å²) in [6.07, 6.45) is 1.31. The summed E-state index contributed by atoms with van der Waals surface area (Å²) in [7, 11) is 0. The van der Waals surface area contributed by atoms with E-state index in [1.54, 1.807) is 43.3 Å². The number of halogens is 1. The van der Waals surface area contributed by atoms with Crippen molar-refractivity contribution in [2.75, 3.05) is 12.1 Å². The topological polar surface area (TPSA) is 129 Å². The van der Waals surface area contributed by atoms with E-state index in [9.17, 15) is 14.0 Å². The van der Waals surface area contributed by atoms with Gasteiger partial charge in [-0.25, -0.2) is 9.07 Å². The monoisotopic (exact) mass is 473 g/mol. The summed E-state index contributed by atoms with van der Waals surface area (Å²) in [5, 5.41) is 11.4. The highest BCUT2D eigenvalue weighted by atomic mass is 19.1. The second-order valence-electron chi connectivity index (χ2n) is 7.74. The largest absolute Gasteiger partial charge is 0.454 e. The predicted molar refractivity (Wildman–Crippen MR) is 122 cm³/mol. The van der Waals surface area contributed by atoms with Crippen LogP contribution in [0.1, 0.15) is 16.1 Å². The minimum Gasteiger partial charge on any atom is -0.454 e. The van der Waals surface area contributed by atoms with Gasteiger partial charge in [-0.1, -0.05) is 12.1 Å². The Labute approximate surface area is 195 Å². The molecule has 3 aromatic heterocycles. The molecule has 11 nitrogen and oxygen atoms in total. The van der Waals surface area contributed by atoms with Gasteiger partial charge in [-0.05, 0) is 37.3 Å². The lowest BCUT2D eigenvalue weighted by Gasteiger charge is -2.09. The third-order valence-corrected chi connectivity index (χ3v) is 5.41. The molecule has 0 atom stereocenters. The molecular weight excluding hydrogens is 457 g/mol. The molecule has 0 unspecified atom stereocenters. The smallest absolute Gasteiger partial charge is 0.263 e. The summed E-state index contributed by atoms with van der Waals surface area (Å²) in [5.74, 6) is 0.375. The normalized spacial score (nSPS) is 12.3. The standard InChI is InChI=1S/C23H16FN7O4/c1-12-8-19(26-21(32)13-6-7-17-18(9-13)35-11-34-17)31(29-12)23-27-20-14(22(33)28-23)10-25-30(20)16-5-3-2-4-15(16)24/h2-10H,11H2,1H3,(H,26,32)(H,27,28,33). The van der Waals surface area contributed by atoms with Crippen molar-refractivity contribution in [2.24, 2.45) is 0 Å². The first-order valence-corrected chi connectivity index (χ1v) is 10.5. The molecule has 35 heavy (non-hydrogen) atoms. The van der Waals surface area contributed by atoms with Gasteiger partial charge in [0.1, 0.15) is 22.7 Å². The number of benzene rings is 2. The Balaban J connectivity index is 1.41. The van der Waals surface area contributed by atoms with Gasteiger partial charge in [-0.3, -0.25) is 14.6 Å². The third kappa shape index (κ3) is 3.47. The minimum absolute atomic E-state index is 0.0228. The number of aryl methyl sites for hydroxylation is 1. The number of hydrogen-bond donors (Lipinski definition) is 2. The van der Waals surface area contributed by atoms with Crippen molar-refractivity contribution >= 4 is 22.8 Å². The highest BCUT2D eigenvalue weighted by Gasteiger charge is 2.20. The maximum atomic E-state index is 14.4. The van der Waals surface area contributed by atoms with Crippen LogP contribution in [0.15, 0.2) is 59.5 Å². The summed E-state index contributed by atoms with van der Waals surface area (Å²) in [5.41, 5.74) is 0.689. The van der Waals surface area contributed by atoms with Crippen molar-refractivity contribution in [3.8, 4) is 23.1 Å². The summed E-state index contributed by atoms with van der Waals surface area (Å²) < 4.78 is 27.6. The van der Waals surface area contributed by atoms with E-state index in [4.69, 9.17) is 9.47 Å². The van der Waals surface area contributed by atoms with Gasteiger partial charge < -0.3 is 14.8 Å². The van der Waals surface area contributed by atoms with Crippen LogP contribution in [0.4, 0.5) is 10.2 Å². The minimum atomic E-state index is -0.521. The average Bonchev–Trinajstić information content (AvgIpc) is 3.57. The lowest BCUT2D eigenvalue weighted by atomic mass is 10.2. The number of amides is 1. The summed E-state index contributed by atoms with van der Waals surface area (Å²) in [6, 6.07) is 12.5. The van der Waals surface area contributed by atoms with Crippen LogP contribution in [0.25, 0.3) is 22.7 Å². The van der Waals surface area contributed by atoms with Gasteiger partial charge in [0, 0.05) is 11.6 Å². The third-order valence-electron chi connectivity index (χ3n) is 5.41. The van der Waals surface area contributed by atoms with Crippen LogP contribution >= 0.6 is 0 Å². The SMILES string of the molecule is Cc1cc(NC(=O)c2ccc3c(c2)OCO3)n(-c2nc3c(cnn3-c3ccccc3F)c(=O)[nH]2)n1. The van der Waals surface area contributed by atoms with Crippen molar-refractivity contribution in [1.82, 2.24) is 29.5 Å². The van der Waals surface area contributed by atoms with E-state index in [1.807, 2.05) is 0 Å². The fraction of sp³-hybridized carbons (Fsp3) is 0.0870. The number of hydrogen-bond acceptors (Lipinski definition) is 7. The van der Waals surface area contributed by atoms with Crippen LogP contribution in [-0.2, 0) is 0 Å². The molecule has 2 aromatic carbocycles. The van der Waals surface area contributed by atoms with Crippen LogP contribution in [0.3, 0.4) is 0 Å². The molecule has 6 rings (SSSR count). The molecule has 12 heteroatoms. The number of ether oxygens (including phenoxy) is 2. The fourth-order valence-corrected chi connectivity index (χ4v) is 3.78. The molecule has 2 N–H and O–H groups in total. The molecule has 0 fully saturated rings. The van der Waals surface area contributed by atoms with Gasteiger partial charge >= 0.3 is 0 Å². The molecule has 1 aliphatic rings. The number of fused-ring (bicyclic) bond motifs is 2. The summed E-state index contributed by atoms with van der Waals surface area (Å²) >= 11 is 0. The molecule has 0 radical (unpaired) electrons. The molecular formula is C23H16FN7O4. The molecule has 0 saturated carbocycles. The fourth-order valence-electron chi connectivity index (χ4n) is 3.78. The molecule has 1 aliphatic heterocycles. The highest BCUT2D eigenvalue weighted by Crippen LogP contribution is 2.32. The number of H-pyrrole nitrogens is 1. The van der Waals surface area contributed by atoms with Crippen molar-refractivity contribution in [1.29, 1.82) is 0 Å². The van der Waals surface area contributed by atoms with E-state index in [1.165, 1.54) is 27.7 Å². The molecule has 5 aromatic rings. The van der Waals surface area contributed by atoms with Crippen molar-refractivity contribution < 1.29 is 18.7 Å². The molecule has 0 saturated heterocycles. The van der Waals surface area contributed by atoms with Gasteiger partial charge in [-0.2, -0.15) is 19.9 Å². The molecule has 0 aliphatic carbocycles. The number of para-hydroxylation sites is 1. The number of rotatable bonds is 4. The quantitative estimate of drug-likeness (QED) is 0.411. The van der Waals surface area contributed by atoms with Crippen molar-refractivity contribution in [3.63, 3.8) is 0 Å². The lowest BCUT2D eigenvalue weighted by molar-refractivity contribution is 0.102. The van der Waals surface area contributed by atoms with Crippen LogP contribution in [-0.4, -0.2) is 42.2 Å². The Bertz CT molecular complexity index is 1690. The van der Waals surface area contributed by atoms with E-state index >= 15 is 0 Å². The summed E-state index contributed by atoms with van der Waals surface area (Å²) in [6.45, 7) is 1.82. The highest BCUT2D eigenvalue weighted by molar-refractivity contribution is 6.04. The van der Waals surface area contributed by atoms with E-state index < -0.39 is 17.3 Å². The van der Waals surface area contributed by atoms with Crippen LogP contribution in [0.2, 0.25) is 0 Å². The number of aromatic amines is 1. The summed E-state index contributed by atoms with van der Waals surface area (Å²) in [4.78, 5) is 32.8. The Morgan fingerprint density at radius 2 is 1.94 bits per heavy atom. The zero-order chi connectivity index (χ0) is 24.1. The Hall–Kier alpha value is -5.00. The van der Waals surface area contributed by atoms with Gasteiger partial charge in [-0.15, -0.1) is 0 Å². The molecule has 4 heterocycles. The Morgan fingerprint density at radius 1 is 1.11 bits per heavy atom. The van der Waals surface area contributed by atoms with Crippen LogP contribution in [0.5, 0.6) is 11.5 Å². The van der Waals surface area contributed by atoms with E-state index in [-0.39, 0.29) is 35.3 Å². The number of carbonyl (C=O) groups is 1. The Kier molecular flexibility index (Phi) is 4.59. The van der Waals surface area contributed by atoms with Gasteiger partial charge in [0.15, 0.2) is 17.1 Å². The molecule has 0 bridgehead atoms. The number of carbonyl (C=O) groups excluding carboxylic acids is 1. The number of nitrogens with one attached hydrogen (secondary N) is 2. The zero-order valence-electron chi connectivity index (χ0n) is 18.2. The van der Waals surface area contributed by atoms with E-state index in [0.717, 1.165) is 0 Å². The molecule has 174 valence electrons. The first-order valence-electron chi connectivity index (χ1n) is 10.5. The lowest BCUT2D eigenvalue weighted by Crippen LogP contribution is -2.19. The van der Waals surface area contributed by atoms with Crippen molar-refractivity contribution in [3.05, 3.63) is 82.2 Å². The average molecular weight is 473 g/mol. The van der Waals surface area contributed by atoms with Crippen molar-refractivity contribution in [2.45, 2.75) is 6.92 Å². The number of aromatic nitrogens is 6. The molecule has 0 spiro atoms. The maximum absolute atomic E-state index is 14.4. The Morgan fingerprint density at radius 3 is 2.80 bits per heavy atom. The van der Waals surface area contributed by atoms with Crippen LogP contribution in [0, 0.1) is 12.7 Å². The first kappa shape index (κ1) is 20.6. The van der Waals surface area contributed by atoms with Crippen LogP contribution < -0.4 is 20.3 Å². The maximum Gasteiger partial charge on any atom is 0.263 e. The second-order valence-corrected chi connectivity index (χ2v) is 7.74. The van der Waals surface area contributed by atoms with Gasteiger partial charge in [0.2, 0.25) is 12.7 Å². The van der Waals surface area contributed by atoms with Gasteiger partial charge in [0.05, 0.1) is 11.9 Å².